The second kappa shape index (κ2) is 4.24. The van der Waals surface area contributed by atoms with Crippen LogP contribution in [0.1, 0.15) is 34.1 Å². The highest BCUT2D eigenvalue weighted by atomic mass is 16.7. The van der Waals surface area contributed by atoms with Crippen LogP contribution in [0.2, 0.25) is 0 Å². The summed E-state index contributed by atoms with van der Waals surface area (Å²) in [6.45, 7) is 9.56. The summed E-state index contributed by atoms with van der Waals surface area (Å²) in [7, 11) is 0. The fourth-order valence-corrected chi connectivity index (χ4v) is 1.28. The lowest BCUT2D eigenvalue weighted by Crippen LogP contribution is -2.36. The first-order chi connectivity index (χ1) is 5.61. The van der Waals surface area contributed by atoms with Gasteiger partial charge in [0.1, 0.15) is 0 Å². The Hall–Kier alpha value is -0.0800. The smallest absolute Gasteiger partial charge is 0.160 e. The van der Waals surface area contributed by atoms with Crippen LogP contribution >= 0.6 is 0 Å². The first-order valence-corrected chi connectivity index (χ1v) is 4.88. The molecule has 1 aliphatic heterocycles. The number of ether oxygens (including phenoxy) is 2. The standard InChI is InChI=1S/C10H20O2/c1-7(2)9(4)10-11-6-5-8(3)12-10/h7-10H,5-6H2,1-4H3. The molecule has 0 aromatic rings. The van der Waals surface area contributed by atoms with Gasteiger partial charge in [-0.15, -0.1) is 0 Å². The molecule has 72 valence electrons. The molecule has 3 atom stereocenters. The lowest BCUT2D eigenvalue weighted by molar-refractivity contribution is -0.234. The molecule has 1 fully saturated rings. The molecule has 0 N–H and O–H groups in total. The zero-order chi connectivity index (χ0) is 9.14. The van der Waals surface area contributed by atoms with E-state index >= 15 is 0 Å². The zero-order valence-corrected chi connectivity index (χ0v) is 8.54. The van der Waals surface area contributed by atoms with Crippen LogP contribution in [0.5, 0.6) is 0 Å². The van der Waals surface area contributed by atoms with Crippen molar-refractivity contribution in [3.05, 3.63) is 0 Å². The zero-order valence-electron chi connectivity index (χ0n) is 8.54. The van der Waals surface area contributed by atoms with Crippen molar-refractivity contribution in [3.63, 3.8) is 0 Å². The van der Waals surface area contributed by atoms with Gasteiger partial charge in [0.15, 0.2) is 6.29 Å². The Balaban J connectivity index is 2.40. The molecular formula is C10H20O2. The predicted octanol–water partition coefficient (Wildman–Crippen LogP) is 2.43. The summed E-state index contributed by atoms with van der Waals surface area (Å²) in [6, 6.07) is 0. The molecule has 1 aliphatic rings. The van der Waals surface area contributed by atoms with Crippen LogP contribution < -0.4 is 0 Å². The summed E-state index contributed by atoms with van der Waals surface area (Å²) < 4.78 is 11.2. The van der Waals surface area contributed by atoms with Gasteiger partial charge in [0, 0.05) is 5.92 Å². The third-order valence-corrected chi connectivity index (χ3v) is 2.65. The molecule has 1 saturated heterocycles. The Bertz CT molecular complexity index is 134. The third-order valence-electron chi connectivity index (χ3n) is 2.65. The van der Waals surface area contributed by atoms with E-state index in [1.54, 1.807) is 0 Å². The molecule has 0 spiro atoms. The van der Waals surface area contributed by atoms with Crippen LogP contribution in [0.15, 0.2) is 0 Å². The highest BCUT2D eigenvalue weighted by Gasteiger charge is 2.26. The molecule has 1 heterocycles. The van der Waals surface area contributed by atoms with E-state index in [2.05, 4.69) is 27.7 Å². The second-order valence-corrected chi connectivity index (χ2v) is 4.08. The van der Waals surface area contributed by atoms with Gasteiger partial charge in [0.05, 0.1) is 12.7 Å². The van der Waals surface area contributed by atoms with E-state index in [4.69, 9.17) is 9.47 Å². The SMILES string of the molecule is CC1CCOC(C(C)C(C)C)O1. The normalized spacial score (nSPS) is 33.8. The summed E-state index contributed by atoms with van der Waals surface area (Å²) >= 11 is 0. The Morgan fingerprint density at radius 1 is 1.25 bits per heavy atom. The molecule has 0 saturated carbocycles. The van der Waals surface area contributed by atoms with Gasteiger partial charge in [-0.2, -0.15) is 0 Å². The van der Waals surface area contributed by atoms with Crippen LogP contribution in [0, 0.1) is 11.8 Å². The van der Waals surface area contributed by atoms with E-state index in [-0.39, 0.29) is 6.29 Å². The summed E-state index contributed by atoms with van der Waals surface area (Å²) in [4.78, 5) is 0. The predicted molar refractivity (Wildman–Crippen MR) is 48.9 cm³/mol. The molecule has 1 rings (SSSR count). The van der Waals surface area contributed by atoms with Crippen molar-refractivity contribution in [2.24, 2.45) is 11.8 Å². The minimum absolute atomic E-state index is 0.0220. The Labute approximate surface area is 75.2 Å². The molecular weight excluding hydrogens is 152 g/mol. The van der Waals surface area contributed by atoms with Crippen LogP contribution in [0.3, 0.4) is 0 Å². The first-order valence-electron chi connectivity index (χ1n) is 4.88. The first kappa shape index (κ1) is 10.0. The Kier molecular flexibility index (Phi) is 3.53. The molecule has 0 radical (unpaired) electrons. The number of hydrogen-bond donors (Lipinski definition) is 0. The van der Waals surface area contributed by atoms with Crippen molar-refractivity contribution in [1.82, 2.24) is 0 Å². The minimum atomic E-state index is 0.0220. The van der Waals surface area contributed by atoms with E-state index in [0.29, 0.717) is 17.9 Å². The largest absolute Gasteiger partial charge is 0.352 e. The Morgan fingerprint density at radius 2 is 1.92 bits per heavy atom. The molecule has 0 amide bonds. The fraction of sp³-hybridized carbons (Fsp3) is 1.00. The summed E-state index contributed by atoms with van der Waals surface area (Å²) in [5, 5.41) is 0. The van der Waals surface area contributed by atoms with Gasteiger partial charge in [-0.3, -0.25) is 0 Å². The summed E-state index contributed by atoms with van der Waals surface area (Å²) in [6.07, 6.45) is 1.42. The van der Waals surface area contributed by atoms with Gasteiger partial charge >= 0.3 is 0 Å². The summed E-state index contributed by atoms with van der Waals surface area (Å²) in [5.41, 5.74) is 0. The van der Waals surface area contributed by atoms with E-state index in [1.807, 2.05) is 0 Å². The van der Waals surface area contributed by atoms with E-state index in [9.17, 15) is 0 Å². The number of rotatable bonds is 2. The molecule has 2 heteroatoms. The molecule has 3 unspecified atom stereocenters. The van der Waals surface area contributed by atoms with Gasteiger partial charge in [-0.05, 0) is 19.3 Å². The van der Waals surface area contributed by atoms with Crippen LogP contribution in [0.4, 0.5) is 0 Å². The van der Waals surface area contributed by atoms with Gasteiger partial charge in [0.2, 0.25) is 0 Å². The average molecular weight is 172 g/mol. The van der Waals surface area contributed by atoms with Crippen LogP contribution in [0.25, 0.3) is 0 Å². The quantitative estimate of drug-likeness (QED) is 0.637. The van der Waals surface area contributed by atoms with Gasteiger partial charge in [-0.1, -0.05) is 20.8 Å². The molecule has 0 aliphatic carbocycles. The maximum absolute atomic E-state index is 5.69. The lowest BCUT2D eigenvalue weighted by atomic mass is 9.97. The molecule has 0 bridgehead atoms. The van der Waals surface area contributed by atoms with Gasteiger partial charge in [0.25, 0.3) is 0 Å². The topological polar surface area (TPSA) is 18.5 Å². The highest BCUT2D eigenvalue weighted by Crippen LogP contribution is 2.23. The average Bonchev–Trinajstić information content (AvgIpc) is 2.03. The van der Waals surface area contributed by atoms with Crippen molar-refractivity contribution < 1.29 is 9.47 Å². The van der Waals surface area contributed by atoms with Gasteiger partial charge in [-0.25, -0.2) is 0 Å². The van der Waals surface area contributed by atoms with E-state index in [0.717, 1.165) is 13.0 Å². The van der Waals surface area contributed by atoms with E-state index in [1.165, 1.54) is 0 Å². The number of hydrogen-bond acceptors (Lipinski definition) is 2. The second-order valence-electron chi connectivity index (χ2n) is 4.08. The highest BCUT2D eigenvalue weighted by molar-refractivity contribution is 4.66. The molecule has 0 aromatic carbocycles. The van der Waals surface area contributed by atoms with Crippen molar-refractivity contribution in [2.75, 3.05) is 6.61 Å². The fourth-order valence-electron chi connectivity index (χ4n) is 1.28. The van der Waals surface area contributed by atoms with Crippen LogP contribution in [-0.2, 0) is 9.47 Å². The Morgan fingerprint density at radius 3 is 2.42 bits per heavy atom. The monoisotopic (exact) mass is 172 g/mol. The van der Waals surface area contributed by atoms with Crippen molar-refractivity contribution in [2.45, 2.75) is 46.5 Å². The molecule has 0 aromatic heterocycles. The van der Waals surface area contributed by atoms with E-state index < -0.39 is 0 Å². The maximum atomic E-state index is 5.69. The maximum Gasteiger partial charge on any atom is 0.160 e. The summed E-state index contributed by atoms with van der Waals surface area (Å²) in [5.74, 6) is 1.12. The van der Waals surface area contributed by atoms with Crippen molar-refractivity contribution in [3.8, 4) is 0 Å². The minimum Gasteiger partial charge on any atom is -0.352 e. The molecule has 2 nitrogen and oxygen atoms in total. The lowest BCUT2D eigenvalue weighted by Gasteiger charge is -2.33. The molecule has 12 heavy (non-hydrogen) atoms. The van der Waals surface area contributed by atoms with Gasteiger partial charge < -0.3 is 9.47 Å². The van der Waals surface area contributed by atoms with Crippen LogP contribution in [-0.4, -0.2) is 19.0 Å². The third kappa shape index (κ3) is 2.46. The van der Waals surface area contributed by atoms with Crippen molar-refractivity contribution >= 4 is 0 Å². The van der Waals surface area contributed by atoms with Crippen molar-refractivity contribution in [1.29, 1.82) is 0 Å².